The van der Waals surface area contributed by atoms with E-state index in [4.69, 9.17) is 4.74 Å². The second-order valence-electron chi connectivity index (χ2n) is 6.25. The number of anilines is 1. The highest BCUT2D eigenvalue weighted by atomic mass is 79.9. The number of rotatable bonds is 2. The lowest BCUT2D eigenvalue weighted by Gasteiger charge is -2.31. The predicted octanol–water partition coefficient (Wildman–Crippen LogP) is 5.28. The van der Waals surface area contributed by atoms with Gasteiger partial charge < -0.3 is 10.1 Å². The summed E-state index contributed by atoms with van der Waals surface area (Å²) in [5.74, 6) is 0.168. The van der Waals surface area contributed by atoms with Crippen LogP contribution in [0.3, 0.4) is 0 Å². The molecule has 0 radical (unpaired) electrons. The largest absolute Gasteiger partial charge is 0.423 e. The smallest absolute Gasteiger partial charge is 0.344 e. The van der Waals surface area contributed by atoms with Gasteiger partial charge in [-0.05, 0) is 72.6 Å². The van der Waals surface area contributed by atoms with Crippen LogP contribution in [0.15, 0.2) is 53.0 Å². The van der Waals surface area contributed by atoms with E-state index in [1.165, 1.54) is 5.57 Å². The number of ether oxygens (including phenoxy) is 1. The Bertz CT molecular complexity index is 809. The van der Waals surface area contributed by atoms with Gasteiger partial charge in [0, 0.05) is 15.7 Å². The molecule has 0 amide bonds. The molecule has 1 aliphatic rings. The second-order valence-corrected chi connectivity index (χ2v) is 7.11. The van der Waals surface area contributed by atoms with Crippen molar-refractivity contribution in [3.05, 3.63) is 64.1 Å². The first kappa shape index (κ1) is 15.8. The summed E-state index contributed by atoms with van der Waals surface area (Å²) >= 11 is 3.37. The molecule has 0 unspecified atom stereocenters. The van der Waals surface area contributed by atoms with Crippen molar-refractivity contribution >= 4 is 33.2 Å². The number of carbonyl (C=O) groups excluding carboxylic acids is 1. The van der Waals surface area contributed by atoms with Crippen molar-refractivity contribution in [3.8, 4) is 5.75 Å². The van der Waals surface area contributed by atoms with E-state index in [0.717, 1.165) is 15.7 Å². The van der Waals surface area contributed by atoms with Crippen molar-refractivity contribution in [2.75, 3.05) is 5.32 Å². The van der Waals surface area contributed by atoms with Crippen LogP contribution in [0.4, 0.5) is 5.69 Å². The summed E-state index contributed by atoms with van der Waals surface area (Å²) in [7, 11) is 0. The third-order valence-electron chi connectivity index (χ3n) is 3.75. The number of esters is 1. The Morgan fingerprint density at radius 3 is 2.65 bits per heavy atom. The highest BCUT2D eigenvalue weighted by Crippen LogP contribution is 2.36. The van der Waals surface area contributed by atoms with E-state index in [-0.39, 0.29) is 11.5 Å². The van der Waals surface area contributed by atoms with Crippen LogP contribution in [0, 0.1) is 0 Å². The third kappa shape index (κ3) is 3.32. The molecule has 0 bridgehead atoms. The zero-order valence-corrected chi connectivity index (χ0v) is 14.9. The molecule has 0 aliphatic carbocycles. The normalized spacial score (nSPS) is 15.2. The first-order chi connectivity index (χ1) is 10.9. The van der Waals surface area contributed by atoms with Gasteiger partial charge in [0.05, 0.1) is 11.1 Å². The zero-order valence-electron chi connectivity index (χ0n) is 13.3. The zero-order chi connectivity index (χ0) is 16.6. The van der Waals surface area contributed by atoms with Crippen molar-refractivity contribution in [1.82, 2.24) is 0 Å². The van der Waals surface area contributed by atoms with E-state index in [2.05, 4.69) is 48.1 Å². The molecule has 2 aromatic rings. The lowest BCUT2D eigenvalue weighted by molar-refractivity contribution is 0.0734. The second kappa shape index (κ2) is 5.85. The van der Waals surface area contributed by atoms with Crippen LogP contribution in [0.2, 0.25) is 0 Å². The van der Waals surface area contributed by atoms with E-state index in [1.54, 1.807) is 6.07 Å². The number of allylic oxidation sites excluding steroid dienone is 1. The fourth-order valence-electron chi connectivity index (χ4n) is 2.81. The number of hydrogen-bond donors (Lipinski definition) is 1. The van der Waals surface area contributed by atoms with Crippen LogP contribution in [-0.4, -0.2) is 11.5 Å². The lowest BCUT2D eigenvalue weighted by Crippen LogP contribution is -2.31. The van der Waals surface area contributed by atoms with Crippen LogP contribution >= 0.6 is 15.9 Å². The summed E-state index contributed by atoms with van der Waals surface area (Å²) in [5.41, 5.74) is 3.71. The first-order valence-corrected chi connectivity index (χ1v) is 8.24. The van der Waals surface area contributed by atoms with Crippen molar-refractivity contribution in [1.29, 1.82) is 0 Å². The first-order valence-electron chi connectivity index (χ1n) is 7.44. The van der Waals surface area contributed by atoms with Gasteiger partial charge in [-0.3, -0.25) is 0 Å². The highest BCUT2D eigenvalue weighted by Gasteiger charge is 2.23. The lowest BCUT2D eigenvalue weighted by atomic mass is 9.91. The molecule has 0 spiro atoms. The minimum absolute atomic E-state index is 0.0792. The Balaban J connectivity index is 1.88. The van der Waals surface area contributed by atoms with E-state index in [9.17, 15) is 4.79 Å². The van der Waals surface area contributed by atoms with Crippen LogP contribution < -0.4 is 10.1 Å². The molecule has 0 aromatic heterocycles. The van der Waals surface area contributed by atoms with Gasteiger partial charge in [0.15, 0.2) is 0 Å². The van der Waals surface area contributed by atoms with Gasteiger partial charge in [0.1, 0.15) is 5.75 Å². The SMILES string of the molecule is CC1=CC(C)(C)Nc2ccc(OC(=O)c3ccccc3Br)cc21. The van der Waals surface area contributed by atoms with Gasteiger partial charge in [-0.1, -0.05) is 18.2 Å². The van der Waals surface area contributed by atoms with Gasteiger partial charge in [0.2, 0.25) is 0 Å². The summed E-state index contributed by atoms with van der Waals surface area (Å²) in [5, 5.41) is 3.46. The number of benzene rings is 2. The van der Waals surface area contributed by atoms with Crippen LogP contribution in [0.25, 0.3) is 5.57 Å². The summed E-state index contributed by atoms with van der Waals surface area (Å²) in [4.78, 5) is 12.3. The predicted molar refractivity (Wildman–Crippen MR) is 96.9 cm³/mol. The summed E-state index contributed by atoms with van der Waals surface area (Å²) < 4.78 is 6.25. The Morgan fingerprint density at radius 2 is 1.91 bits per heavy atom. The van der Waals surface area contributed by atoms with E-state index in [0.29, 0.717) is 11.3 Å². The maximum absolute atomic E-state index is 12.3. The molecular weight excluding hydrogens is 354 g/mol. The number of halogens is 1. The monoisotopic (exact) mass is 371 g/mol. The van der Waals surface area contributed by atoms with Gasteiger partial charge in [-0.25, -0.2) is 4.79 Å². The van der Waals surface area contributed by atoms with Crippen molar-refractivity contribution < 1.29 is 9.53 Å². The molecule has 3 rings (SSSR count). The molecular formula is C19H18BrNO2. The number of nitrogens with one attached hydrogen (secondary N) is 1. The van der Waals surface area contributed by atoms with Crippen molar-refractivity contribution in [2.45, 2.75) is 26.3 Å². The molecule has 1 aliphatic heterocycles. The summed E-state index contributed by atoms with van der Waals surface area (Å²) in [6.45, 7) is 6.32. The molecule has 118 valence electrons. The van der Waals surface area contributed by atoms with Crippen molar-refractivity contribution in [2.24, 2.45) is 0 Å². The van der Waals surface area contributed by atoms with Gasteiger partial charge >= 0.3 is 5.97 Å². The van der Waals surface area contributed by atoms with Gasteiger partial charge in [-0.15, -0.1) is 0 Å². The number of hydrogen-bond acceptors (Lipinski definition) is 3. The van der Waals surface area contributed by atoms with Crippen LogP contribution in [0.5, 0.6) is 5.75 Å². The summed E-state index contributed by atoms with van der Waals surface area (Å²) in [6, 6.07) is 12.9. The quantitative estimate of drug-likeness (QED) is 0.576. The highest BCUT2D eigenvalue weighted by molar-refractivity contribution is 9.10. The Morgan fingerprint density at radius 1 is 1.17 bits per heavy atom. The Labute approximate surface area is 144 Å². The molecule has 3 nitrogen and oxygen atoms in total. The molecule has 2 aromatic carbocycles. The fraction of sp³-hybridized carbons (Fsp3) is 0.211. The molecule has 0 saturated carbocycles. The molecule has 4 heteroatoms. The third-order valence-corrected chi connectivity index (χ3v) is 4.45. The minimum Gasteiger partial charge on any atom is -0.423 e. The van der Waals surface area contributed by atoms with Gasteiger partial charge in [0.25, 0.3) is 0 Å². The summed E-state index contributed by atoms with van der Waals surface area (Å²) in [6.07, 6.45) is 2.18. The van der Waals surface area contributed by atoms with Crippen LogP contribution in [0.1, 0.15) is 36.7 Å². The Kier molecular flexibility index (Phi) is 4.02. The number of fused-ring (bicyclic) bond motifs is 1. The van der Waals surface area contributed by atoms with Crippen LogP contribution in [-0.2, 0) is 0 Å². The topological polar surface area (TPSA) is 38.3 Å². The maximum atomic E-state index is 12.3. The fourth-order valence-corrected chi connectivity index (χ4v) is 3.26. The maximum Gasteiger partial charge on any atom is 0.344 e. The van der Waals surface area contributed by atoms with Crippen molar-refractivity contribution in [3.63, 3.8) is 0 Å². The average molecular weight is 372 g/mol. The molecule has 0 fully saturated rings. The molecule has 0 atom stereocenters. The van der Waals surface area contributed by atoms with E-state index >= 15 is 0 Å². The average Bonchev–Trinajstić information content (AvgIpc) is 2.47. The van der Waals surface area contributed by atoms with E-state index < -0.39 is 0 Å². The molecule has 1 heterocycles. The number of carbonyl (C=O) groups is 1. The standard InChI is InChI=1S/C19H18BrNO2/c1-12-11-19(2,3)21-17-9-8-13(10-15(12)17)23-18(22)14-6-4-5-7-16(14)20/h4-11,21H,1-3H3. The minimum atomic E-state index is -0.372. The molecule has 23 heavy (non-hydrogen) atoms. The molecule has 0 saturated heterocycles. The van der Waals surface area contributed by atoms with Gasteiger partial charge in [-0.2, -0.15) is 0 Å². The molecule has 1 N–H and O–H groups in total. The Hall–Kier alpha value is -2.07. The van der Waals surface area contributed by atoms with E-state index in [1.807, 2.05) is 36.4 Å².